The maximum atomic E-state index is 11.3. The standard InChI is InChI=1S/C11H12ClNO2/c1-15-11(14)8-2-4-9-7(6-8)3-5-10(9)13-12/h2,4,6,10,13H,3,5H2,1H3/t10-/m0/s1. The van der Waals surface area contributed by atoms with Crippen LogP contribution in [0.5, 0.6) is 0 Å². The molecule has 1 atom stereocenters. The van der Waals surface area contributed by atoms with Crippen LogP contribution in [0.2, 0.25) is 0 Å². The lowest BCUT2D eigenvalue weighted by Crippen LogP contribution is -2.07. The fourth-order valence-electron chi connectivity index (χ4n) is 1.98. The maximum absolute atomic E-state index is 11.3. The zero-order valence-electron chi connectivity index (χ0n) is 8.42. The summed E-state index contributed by atoms with van der Waals surface area (Å²) in [5, 5.41) is 0. The number of aryl methyl sites for hydroxylation is 1. The molecule has 0 saturated heterocycles. The first-order valence-electron chi connectivity index (χ1n) is 4.83. The molecule has 0 saturated carbocycles. The summed E-state index contributed by atoms with van der Waals surface area (Å²) in [6.07, 6.45) is 1.92. The minimum atomic E-state index is -0.292. The molecule has 1 aliphatic carbocycles. The predicted octanol–water partition coefficient (Wildman–Crippen LogP) is 2.20. The fraction of sp³-hybridized carbons (Fsp3) is 0.364. The Balaban J connectivity index is 2.33. The number of fused-ring (bicyclic) bond motifs is 1. The molecule has 1 aromatic rings. The fourth-order valence-corrected chi connectivity index (χ4v) is 2.20. The average molecular weight is 226 g/mol. The predicted molar refractivity (Wildman–Crippen MR) is 57.8 cm³/mol. The van der Waals surface area contributed by atoms with Crippen molar-refractivity contribution in [1.82, 2.24) is 4.84 Å². The molecule has 2 rings (SSSR count). The Morgan fingerprint density at radius 1 is 1.60 bits per heavy atom. The number of carbonyl (C=O) groups excluding carboxylic acids is 1. The number of esters is 1. The van der Waals surface area contributed by atoms with Gasteiger partial charge < -0.3 is 4.74 Å². The van der Waals surface area contributed by atoms with E-state index in [0.717, 1.165) is 12.8 Å². The molecule has 0 aromatic heterocycles. The molecule has 1 aliphatic rings. The number of hydrogen-bond acceptors (Lipinski definition) is 3. The number of rotatable bonds is 2. The summed E-state index contributed by atoms with van der Waals surface area (Å²) in [6, 6.07) is 5.80. The summed E-state index contributed by atoms with van der Waals surface area (Å²) in [4.78, 5) is 14.0. The lowest BCUT2D eigenvalue weighted by atomic mass is 10.1. The van der Waals surface area contributed by atoms with Crippen LogP contribution in [0.25, 0.3) is 0 Å². The van der Waals surface area contributed by atoms with Gasteiger partial charge in [-0.15, -0.1) is 0 Å². The van der Waals surface area contributed by atoms with Crippen molar-refractivity contribution in [3.8, 4) is 0 Å². The smallest absolute Gasteiger partial charge is 0.337 e. The third-order valence-corrected chi connectivity index (χ3v) is 3.04. The Bertz CT molecular complexity index is 392. The highest BCUT2D eigenvalue weighted by Gasteiger charge is 2.22. The van der Waals surface area contributed by atoms with Gasteiger partial charge in [-0.1, -0.05) is 6.07 Å². The lowest BCUT2D eigenvalue weighted by molar-refractivity contribution is 0.0600. The highest BCUT2D eigenvalue weighted by molar-refractivity contribution is 6.13. The van der Waals surface area contributed by atoms with E-state index < -0.39 is 0 Å². The largest absolute Gasteiger partial charge is 0.465 e. The number of carbonyl (C=O) groups is 1. The van der Waals surface area contributed by atoms with Crippen LogP contribution >= 0.6 is 11.8 Å². The van der Waals surface area contributed by atoms with Gasteiger partial charge in [-0.2, -0.15) is 0 Å². The van der Waals surface area contributed by atoms with Crippen molar-refractivity contribution in [2.45, 2.75) is 18.9 Å². The molecule has 0 unspecified atom stereocenters. The second-order valence-corrected chi connectivity index (χ2v) is 3.82. The molecule has 0 amide bonds. The quantitative estimate of drug-likeness (QED) is 0.620. The third kappa shape index (κ3) is 1.85. The molecule has 3 nitrogen and oxygen atoms in total. The second-order valence-electron chi connectivity index (χ2n) is 3.61. The van der Waals surface area contributed by atoms with E-state index >= 15 is 0 Å². The Hall–Kier alpha value is -1.06. The number of methoxy groups -OCH3 is 1. The zero-order chi connectivity index (χ0) is 10.8. The van der Waals surface area contributed by atoms with Crippen molar-refractivity contribution in [2.75, 3.05) is 7.11 Å². The van der Waals surface area contributed by atoms with E-state index in [1.54, 1.807) is 6.07 Å². The molecule has 15 heavy (non-hydrogen) atoms. The molecule has 0 heterocycles. The van der Waals surface area contributed by atoms with Crippen molar-refractivity contribution in [1.29, 1.82) is 0 Å². The van der Waals surface area contributed by atoms with Gasteiger partial charge in [-0.05, 0) is 47.9 Å². The molecule has 0 spiro atoms. The lowest BCUT2D eigenvalue weighted by Gasteiger charge is -2.08. The Kier molecular flexibility index (Phi) is 2.93. The van der Waals surface area contributed by atoms with Crippen LogP contribution in [0, 0.1) is 0 Å². The van der Waals surface area contributed by atoms with Gasteiger partial charge in [0, 0.05) is 6.04 Å². The summed E-state index contributed by atoms with van der Waals surface area (Å²) in [6.45, 7) is 0. The summed E-state index contributed by atoms with van der Waals surface area (Å²) in [5.74, 6) is -0.292. The highest BCUT2D eigenvalue weighted by atomic mass is 35.5. The molecular formula is C11H12ClNO2. The molecule has 80 valence electrons. The van der Waals surface area contributed by atoms with Crippen LogP contribution in [0.3, 0.4) is 0 Å². The van der Waals surface area contributed by atoms with Crippen LogP contribution < -0.4 is 4.84 Å². The van der Waals surface area contributed by atoms with Gasteiger partial charge in [-0.3, -0.25) is 0 Å². The average Bonchev–Trinajstić information content (AvgIpc) is 2.69. The SMILES string of the molecule is COC(=O)c1ccc2c(c1)CC[C@@H]2NCl. The van der Waals surface area contributed by atoms with E-state index in [9.17, 15) is 4.79 Å². The molecule has 0 bridgehead atoms. The van der Waals surface area contributed by atoms with Crippen LogP contribution in [0.1, 0.15) is 33.9 Å². The summed E-state index contributed by atoms with van der Waals surface area (Å²) < 4.78 is 4.67. The van der Waals surface area contributed by atoms with Crippen LogP contribution in [-0.2, 0) is 11.2 Å². The van der Waals surface area contributed by atoms with E-state index in [2.05, 4.69) is 9.57 Å². The number of ether oxygens (including phenoxy) is 1. The summed E-state index contributed by atoms with van der Waals surface area (Å²) in [5.41, 5.74) is 2.96. The molecule has 1 N–H and O–H groups in total. The van der Waals surface area contributed by atoms with Crippen molar-refractivity contribution in [3.63, 3.8) is 0 Å². The van der Waals surface area contributed by atoms with Crippen LogP contribution in [0.4, 0.5) is 0 Å². The molecule has 1 aromatic carbocycles. The van der Waals surface area contributed by atoms with Crippen molar-refractivity contribution in [3.05, 3.63) is 34.9 Å². The molecule has 0 fully saturated rings. The number of halogens is 1. The van der Waals surface area contributed by atoms with E-state index in [1.165, 1.54) is 18.2 Å². The van der Waals surface area contributed by atoms with Gasteiger partial charge in [0.05, 0.1) is 12.7 Å². The van der Waals surface area contributed by atoms with Gasteiger partial charge in [0.1, 0.15) is 0 Å². The molecule has 0 aliphatic heterocycles. The van der Waals surface area contributed by atoms with Crippen molar-refractivity contribution < 1.29 is 9.53 Å². The number of benzene rings is 1. The number of hydrogen-bond donors (Lipinski definition) is 1. The third-order valence-electron chi connectivity index (χ3n) is 2.77. The zero-order valence-corrected chi connectivity index (χ0v) is 9.17. The van der Waals surface area contributed by atoms with Gasteiger partial charge in [0.2, 0.25) is 0 Å². The van der Waals surface area contributed by atoms with Crippen LogP contribution in [0.15, 0.2) is 18.2 Å². The second kappa shape index (κ2) is 4.21. The minimum Gasteiger partial charge on any atom is -0.465 e. The van der Waals surface area contributed by atoms with E-state index in [1.807, 2.05) is 12.1 Å². The first kappa shape index (κ1) is 10.5. The number of nitrogens with one attached hydrogen (secondary N) is 1. The van der Waals surface area contributed by atoms with Crippen molar-refractivity contribution in [2.24, 2.45) is 0 Å². The van der Waals surface area contributed by atoms with E-state index in [0.29, 0.717) is 5.56 Å². The van der Waals surface area contributed by atoms with Gasteiger partial charge in [-0.25, -0.2) is 9.63 Å². The Morgan fingerprint density at radius 3 is 3.07 bits per heavy atom. The topological polar surface area (TPSA) is 38.3 Å². The molecule has 4 heteroatoms. The molecule has 0 radical (unpaired) electrons. The van der Waals surface area contributed by atoms with Gasteiger partial charge >= 0.3 is 5.97 Å². The summed E-state index contributed by atoms with van der Waals surface area (Å²) in [7, 11) is 1.39. The van der Waals surface area contributed by atoms with Crippen molar-refractivity contribution >= 4 is 17.7 Å². The van der Waals surface area contributed by atoms with E-state index in [4.69, 9.17) is 11.8 Å². The molecular weight excluding hydrogens is 214 g/mol. The highest BCUT2D eigenvalue weighted by Crippen LogP contribution is 2.32. The first-order valence-corrected chi connectivity index (χ1v) is 5.21. The monoisotopic (exact) mass is 225 g/mol. The first-order chi connectivity index (χ1) is 7.26. The van der Waals surface area contributed by atoms with Gasteiger partial charge in [0.15, 0.2) is 0 Å². The maximum Gasteiger partial charge on any atom is 0.337 e. The van der Waals surface area contributed by atoms with Gasteiger partial charge in [0.25, 0.3) is 0 Å². The summed E-state index contributed by atoms with van der Waals surface area (Å²) >= 11 is 5.62. The minimum absolute atomic E-state index is 0.202. The normalized spacial score (nSPS) is 18.7. The van der Waals surface area contributed by atoms with Crippen LogP contribution in [-0.4, -0.2) is 13.1 Å². The van der Waals surface area contributed by atoms with E-state index in [-0.39, 0.29) is 12.0 Å². The Morgan fingerprint density at radius 2 is 2.40 bits per heavy atom. The Labute approximate surface area is 93.5 Å².